The highest BCUT2D eigenvalue weighted by atomic mass is 79.9. The summed E-state index contributed by atoms with van der Waals surface area (Å²) >= 11 is 8.41. The SMILES string of the molecule is CC(C)c1nc(Br)c(Br)s1. The molecule has 1 rings (SSSR count). The van der Waals surface area contributed by atoms with E-state index in [1.807, 2.05) is 0 Å². The van der Waals surface area contributed by atoms with Gasteiger partial charge in [-0.25, -0.2) is 4.98 Å². The van der Waals surface area contributed by atoms with Gasteiger partial charge in [-0.05, 0) is 31.9 Å². The maximum atomic E-state index is 4.30. The lowest BCUT2D eigenvalue weighted by Gasteiger charge is -1.94. The molecule has 0 saturated heterocycles. The van der Waals surface area contributed by atoms with Crippen molar-refractivity contribution in [2.75, 3.05) is 0 Å². The van der Waals surface area contributed by atoms with Gasteiger partial charge in [-0.3, -0.25) is 0 Å². The molecule has 0 saturated carbocycles. The first-order chi connectivity index (χ1) is 4.61. The van der Waals surface area contributed by atoms with E-state index in [2.05, 4.69) is 50.7 Å². The van der Waals surface area contributed by atoms with Crippen LogP contribution < -0.4 is 0 Å². The average Bonchev–Trinajstić information content (AvgIpc) is 2.13. The van der Waals surface area contributed by atoms with Crippen LogP contribution in [0.1, 0.15) is 24.8 Å². The molecule has 0 spiro atoms. The van der Waals surface area contributed by atoms with Crippen molar-refractivity contribution in [3.63, 3.8) is 0 Å². The lowest BCUT2D eigenvalue weighted by molar-refractivity contribution is 0.849. The molecule has 0 aliphatic rings. The molecule has 0 N–H and O–H groups in total. The Morgan fingerprint density at radius 1 is 1.40 bits per heavy atom. The lowest BCUT2D eigenvalue weighted by atomic mass is 10.2. The van der Waals surface area contributed by atoms with Crippen LogP contribution in [0.25, 0.3) is 0 Å². The molecule has 0 atom stereocenters. The molecule has 1 aromatic rings. The second-order valence-electron chi connectivity index (χ2n) is 2.27. The average molecular weight is 285 g/mol. The Kier molecular flexibility index (Phi) is 2.89. The molecular formula is C6H7Br2NS. The molecular weight excluding hydrogens is 278 g/mol. The smallest absolute Gasteiger partial charge is 0.131 e. The molecule has 0 radical (unpaired) electrons. The summed E-state index contributed by atoms with van der Waals surface area (Å²) in [5.74, 6) is 0.521. The Balaban J connectivity index is 2.98. The molecule has 56 valence electrons. The highest BCUT2D eigenvalue weighted by Gasteiger charge is 2.08. The second kappa shape index (κ2) is 3.32. The molecule has 1 heterocycles. The predicted octanol–water partition coefficient (Wildman–Crippen LogP) is 3.79. The molecule has 0 aliphatic heterocycles. The summed E-state index contributed by atoms with van der Waals surface area (Å²) in [6, 6.07) is 0. The Bertz CT molecular complexity index is 212. The van der Waals surface area contributed by atoms with Crippen LogP contribution in [0.4, 0.5) is 0 Å². The summed E-state index contributed by atoms with van der Waals surface area (Å²) in [4.78, 5) is 4.30. The first-order valence-electron chi connectivity index (χ1n) is 2.93. The summed E-state index contributed by atoms with van der Waals surface area (Å²) in [5, 5.41) is 1.17. The van der Waals surface area contributed by atoms with Crippen LogP contribution in [-0.2, 0) is 0 Å². The van der Waals surface area contributed by atoms with Gasteiger partial charge in [0.2, 0.25) is 0 Å². The quantitative estimate of drug-likeness (QED) is 0.765. The molecule has 1 nitrogen and oxygen atoms in total. The van der Waals surface area contributed by atoms with Crippen molar-refractivity contribution in [2.24, 2.45) is 0 Å². The van der Waals surface area contributed by atoms with Gasteiger partial charge < -0.3 is 0 Å². The number of nitrogens with zero attached hydrogens (tertiary/aromatic N) is 1. The minimum atomic E-state index is 0.521. The molecule has 0 fully saturated rings. The monoisotopic (exact) mass is 283 g/mol. The summed E-state index contributed by atoms with van der Waals surface area (Å²) in [6.45, 7) is 4.27. The van der Waals surface area contributed by atoms with Crippen molar-refractivity contribution in [3.8, 4) is 0 Å². The summed E-state index contributed by atoms with van der Waals surface area (Å²) in [5.41, 5.74) is 0. The van der Waals surface area contributed by atoms with Gasteiger partial charge >= 0.3 is 0 Å². The number of rotatable bonds is 1. The molecule has 0 aromatic carbocycles. The fourth-order valence-corrected chi connectivity index (χ4v) is 2.37. The van der Waals surface area contributed by atoms with Gasteiger partial charge in [-0.1, -0.05) is 13.8 Å². The van der Waals surface area contributed by atoms with E-state index >= 15 is 0 Å². The molecule has 0 aliphatic carbocycles. The van der Waals surface area contributed by atoms with Crippen molar-refractivity contribution in [1.29, 1.82) is 0 Å². The van der Waals surface area contributed by atoms with Gasteiger partial charge in [0.15, 0.2) is 0 Å². The third-order valence-electron chi connectivity index (χ3n) is 1.06. The number of thiazole rings is 1. The zero-order chi connectivity index (χ0) is 7.72. The van der Waals surface area contributed by atoms with E-state index < -0.39 is 0 Å². The standard InChI is InChI=1S/C6H7Br2NS/c1-3(2)6-9-4(7)5(8)10-6/h3H,1-2H3. The number of halogens is 2. The molecule has 4 heteroatoms. The van der Waals surface area contributed by atoms with Gasteiger partial charge in [0, 0.05) is 5.92 Å². The van der Waals surface area contributed by atoms with E-state index in [1.54, 1.807) is 11.3 Å². The normalized spacial score (nSPS) is 10.9. The van der Waals surface area contributed by atoms with Gasteiger partial charge in [0.25, 0.3) is 0 Å². The Morgan fingerprint density at radius 2 is 2.00 bits per heavy atom. The first-order valence-corrected chi connectivity index (χ1v) is 5.33. The van der Waals surface area contributed by atoms with Crippen LogP contribution in [0.15, 0.2) is 8.39 Å². The minimum absolute atomic E-state index is 0.521. The van der Waals surface area contributed by atoms with Crippen molar-refractivity contribution in [3.05, 3.63) is 13.4 Å². The lowest BCUT2D eigenvalue weighted by Crippen LogP contribution is -1.82. The zero-order valence-corrected chi connectivity index (χ0v) is 9.68. The van der Waals surface area contributed by atoms with Crippen LogP contribution in [0.5, 0.6) is 0 Å². The van der Waals surface area contributed by atoms with Crippen LogP contribution >= 0.6 is 43.2 Å². The third kappa shape index (κ3) is 1.80. The highest BCUT2D eigenvalue weighted by molar-refractivity contribution is 9.13. The van der Waals surface area contributed by atoms with Crippen LogP contribution in [0.2, 0.25) is 0 Å². The topological polar surface area (TPSA) is 12.9 Å². The third-order valence-corrected chi connectivity index (χ3v) is 4.43. The largest absolute Gasteiger partial charge is 0.233 e. The maximum Gasteiger partial charge on any atom is 0.131 e. The van der Waals surface area contributed by atoms with Crippen molar-refractivity contribution in [2.45, 2.75) is 19.8 Å². The molecule has 0 bridgehead atoms. The van der Waals surface area contributed by atoms with Gasteiger partial charge in [0.05, 0.1) is 5.01 Å². The Morgan fingerprint density at radius 3 is 2.20 bits per heavy atom. The van der Waals surface area contributed by atoms with Crippen molar-refractivity contribution >= 4 is 43.2 Å². The van der Waals surface area contributed by atoms with E-state index in [0.29, 0.717) is 5.92 Å². The second-order valence-corrected chi connectivity index (χ2v) is 5.37. The van der Waals surface area contributed by atoms with E-state index in [-0.39, 0.29) is 0 Å². The van der Waals surface area contributed by atoms with E-state index in [1.165, 1.54) is 5.01 Å². The number of hydrogen-bond donors (Lipinski definition) is 0. The summed E-state index contributed by atoms with van der Waals surface area (Å²) in [7, 11) is 0. The fourth-order valence-electron chi connectivity index (χ4n) is 0.544. The fraction of sp³-hybridized carbons (Fsp3) is 0.500. The van der Waals surface area contributed by atoms with Crippen LogP contribution in [0.3, 0.4) is 0 Å². The van der Waals surface area contributed by atoms with Gasteiger partial charge in [-0.2, -0.15) is 0 Å². The van der Waals surface area contributed by atoms with E-state index in [4.69, 9.17) is 0 Å². The number of aromatic nitrogens is 1. The number of hydrogen-bond acceptors (Lipinski definition) is 2. The van der Waals surface area contributed by atoms with Crippen LogP contribution in [-0.4, -0.2) is 4.98 Å². The Hall–Kier alpha value is 0.590. The highest BCUT2D eigenvalue weighted by Crippen LogP contribution is 2.32. The molecule has 0 amide bonds. The Labute approximate surface area is 81.1 Å². The minimum Gasteiger partial charge on any atom is -0.233 e. The predicted molar refractivity (Wildman–Crippen MR) is 51.6 cm³/mol. The summed E-state index contributed by atoms with van der Waals surface area (Å²) < 4.78 is 2.00. The summed E-state index contributed by atoms with van der Waals surface area (Å²) in [6.07, 6.45) is 0. The maximum absolute atomic E-state index is 4.30. The van der Waals surface area contributed by atoms with Crippen molar-refractivity contribution in [1.82, 2.24) is 4.98 Å². The van der Waals surface area contributed by atoms with Gasteiger partial charge in [0.1, 0.15) is 8.39 Å². The first kappa shape index (κ1) is 8.68. The zero-order valence-electron chi connectivity index (χ0n) is 5.69. The van der Waals surface area contributed by atoms with Crippen LogP contribution in [0, 0.1) is 0 Å². The van der Waals surface area contributed by atoms with E-state index in [0.717, 1.165) is 8.39 Å². The molecule has 0 unspecified atom stereocenters. The van der Waals surface area contributed by atoms with Gasteiger partial charge in [-0.15, -0.1) is 11.3 Å². The molecule has 10 heavy (non-hydrogen) atoms. The molecule has 1 aromatic heterocycles. The van der Waals surface area contributed by atoms with Crippen molar-refractivity contribution < 1.29 is 0 Å². The van der Waals surface area contributed by atoms with E-state index in [9.17, 15) is 0 Å².